The molecule has 0 atom stereocenters. The lowest BCUT2D eigenvalue weighted by atomic mass is 9.93. The lowest BCUT2D eigenvalue weighted by Gasteiger charge is -2.29. The van der Waals surface area contributed by atoms with Crippen LogP contribution < -0.4 is 5.73 Å². The maximum atomic E-state index is 13.0. The molecule has 0 fully saturated rings. The molecule has 1 heterocycles. The maximum absolute atomic E-state index is 13.0. The van der Waals surface area contributed by atoms with Gasteiger partial charge in [-0.15, -0.1) is 0 Å². The third-order valence-electron chi connectivity index (χ3n) is 4.43. The van der Waals surface area contributed by atoms with Gasteiger partial charge in [0.25, 0.3) is 5.91 Å². The van der Waals surface area contributed by atoms with E-state index in [0.717, 1.165) is 11.4 Å². The summed E-state index contributed by atoms with van der Waals surface area (Å²) in [4.78, 5) is 14.7. The monoisotopic (exact) mass is 342 g/mol. The highest BCUT2D eigenvalue weighted by Gasteiger charge is 2.26. The third kappa shape index (κ3) is 4.28. The van der Waals surface area contributed by atoms with Crippen molar-refractivity contribution in [1.29, 1.82) is 0 Å². The number of carbonyl (C=O) groups is 1. The lowest BCUT2D eigenvalue weighted by Crippen LogP contribution is -2.40. The summed E-state index contributed by atoms with van der Waals surface area (Å²) in [6.45, 7) is 11.5. The number of benzene rings is 1. The van der Waals surface area contributed by atoms with Crippen molar-refractivity contribution in [1.82, 2.24) is 14.7 Å². The van der Waals surface area contributed by atoms with Gasteiger partial charge in [-0.2, -0.15) is 5.10 Å². The first-order valence-electron chi connectivity index (χ1n) is 8.77. The zero-order chi connectivity index (χ0) is 18.8. The average Bonchev–Trinajstić information content (AvgIpc) is 2.99. The van der Waals surface area contributed by atoms with E-state index in [2.05, 4.69) is 51.9 Å². The fourth-order valence-electron chi connectivity index (χ4n) is 2.95. The Morgan fingerprint density at radius 1 is 1.28 bits per heavy atom. The first kappa shape index (κ1) is 19.2. The summed E-state index contributed by atoms with van der Waals surface area (Å²) in [5.41, 5.74) is 9.46. The number of hydrogen-bond acceptors (Lipinski definition) is 3. The normalized spacial score (nSPS) is 11.8. The molecule has 0 spiro atoms. The van der Waals surface area contributed by atoms with Gasteiger partial charge < -0.3 is 10.6 Å². The van der Waals surface area contributed by atoms with E-state index in [4.69, 9.17) is 5.73 Å². The van der Waals surface area contributed by atoms with Crippen LogP contribution in [0, 0.1) is 12.3 Å². The summed E-state index contributed by atoms with van der Waals surface area (Å²) in [6.07, 6.45) is 1.68. The van der Waals surface area contributed by atoms with Crippen LogP contribution in [-0.4, -0.2) is 40.7 Å². The van der Waals surface area contributed by atoms with Gasteiger partial charge in [0.05, 0.1) is 23.1 Å². The Balaban J connectivity index is 2.39. The highest BCUT2D eigenvalue weighted by molar-refractivity contribution is 5.95. The lowest BCUT2D eigenvalue weighted by molar-refractivity contribution is 0.0739. The van der Waals surface area contributed by atoms with Crippen LogP contribution in [0.1, 0.15) is 55.2 Å². The molecule has 0 radical (unpaired) electrons. The number of carbonyl (C=O) groups excluding carboxylic acids is 1. The SMILES string of the molecule is Cc1ccc(-n2ncc(C(=O)N(C)CC(C)(C)CN)c2C(C)C)cc1. The van der Waals surface area contributed by atoms with Crippen LogP contribution in [0.25, 0.3) is 5.69 Å². The van der Waals surface area contributed by atoms with Gasteiger partial charge in [-0.25, -0.2) is 4.68 Å². The largest absolute Gasteiger partial charge is 0.341 e. The van der Waals surface area contributed by atoms with Crippen molar-refractivity contribution >= 4 is 5.91 Å². The molecule has 0 aliphatic heterocycles. The average molecular weight is 342 g/mol. The molecular formula is C20H30N4O. The number of hydrogen-bond donors (Lipinski definition) is 1. The standard InChI is InChI=1S/C20H30N4O/c1-14(2)18-17(19(25)23(6)13-20(4,5)12-21)11-22-24(18)16-9-7-15(3)8-10-16/h7-11,14H,12-13,21H2,1-6H3. The molecule has 1 aromatic carbocycles. The number of nitrogens with zero attached hydrogens (tertiary/aromatic N) is 3. The smallest absolute Gasteiger partial charge is 0.257 e. The predicted octanol–water partition coefficient (Wildman–Crippen LogP) is 3.36. The van der Waals surface area contributed by atoms with Crippen molar-refractivity contribution in [2.45, 2.75) is 40.5 Å². The van der Waals surface area contributed by atoms with Gasteiger partial charge in [0.1, 0.15) is 0 Å². The first-order valence-corrected chi connectivity index (χ1v) is 8.77. The molecule has 25 heavy (non-hydrogen) atoms. The summed E-state index contributed by atoms with van der Waals surface area (Å²) >= 11 is 0. The summed E-state index contributed by atoms with van der Waals surface area (Å²) in [6, 6.07) is 8.17. The predicted molar refractivity (Wildman–Crippen MR) is 102 cm³/mol. The summed E-state index contributed by atoms with van der Waals surface area (Å²) in [7, 11) is 1.83. The van der Waals surface area contributed by atoms with Gasteiger partial charge in [-0.05, 0) is 36.9 Å². The van der Waals surface area contributed by atoms with Crippen LogP contribution in [0.4, 0.5) is 0 Å². The van der Waals surface area contributed by atoms with E-state index in [1.54, 1.807) is 11.1 Å². The van der Waals surface area contributed by atoms with E-state index in [1.165, 1.54) is 5.56 Å². The Morgan fingerprint density at radius 2 is 1.88 bits per heavy atom. The Kier molecular flexibility index (Phi) is 5.68. The van der Waals surface area contributed by atoms with E-state index < -0.39 is 0 Å². The van der Waals surface area contributed by atoms with Crippen molar-refractivity contribution < 1.29 is 4.79 Å². The van der Waals surface area contributed by atoms with E-state index in [0.29, 0.717) is 18.7 Å². The van der Waals surface area contributed by atoms with Crippen molar-refractivity contribution in [3.05, 3.63) is 47.3 Å². The molecule has 5 nitrogen and oxygen atoms in total. The summed E-state index contributed by atoms with van der Waals surface area (Å²) in [5, 5.41) is 4.50. The summed E-state index contributed by atoms with van der Waals surface area (Å²) < 4.78 is 1.87. The molecule has 1 aromatic heterocycles. The van der Waals surface area contributed by atoms with Crippen molar-refractivity contribution in [3.63, 3.8) is 0 Å². The minimum Gasteiger partial charge on any atom is -0.341 e. The van der Waals surface area contributed by atoms with E-state index in [-0.39, 0.29) is 17.2 Å². The molecule has 2 N–H and O–H groups in total. The topological polar surface area (TPSA) is 64.2 Å². The van der Waals surface area contributed by atoms with Gasteiger partial charge in [-0.3, -0.25) is 4.79 Å². The molecule has 0 aliphatic rings. The fraction of sp³-hybridized carbons (Fsp3) is 0.500. The number of aromatic nitrogens is 2. The number of amides is 1. The third-order valence-corrected chi connectivity index (χ3v) is 4.43. The van der Waals surface area contributed by atoms with Crippen molar-refractivity contribution in [2.24, 2.45) is 11.1 Å². The van der Waals surface area contributed by atoms with Crippen LogP contribution in [0.5, 0.6) is 0 Å². The Bertz CT molecular complexity index is 729. The molecule has 136 valence electrons. The maximum Gasteiger partial charge on any atom is 0.257 e. The van der Waals surface area contributed by atoms with Gasteiger partial charge in [0.2, 0.25) is 0 Å². The van der Waals surface area contributed by atoms with Crippen LogP contribution in [0.2, 0.25) is 0 Å². The van der Waals surface area contributed by atoms with Gasteiger partial charge in [0.15, 0.2) is 0 Å². The van der Waals surface area contributed by atoms with Crippen LogP contribution in [0.15, 0.2) is 30.5 Å². The van der Waals surface area contributed by atoms with E-state index >= 15 is 0 Å². The molecule has 1 amide bonds. The molecule has 5 heteroatoms. The highest BCUT2D eigenvalue weighted by Crippen LogP contribution is 2.25. The molecule has 2 rings (SSSR count). The Morgan fingerprint density at radius 3 is 2.40 bits per heavy atom. The zero-order valence-corrected chi connectivity index (χ0v) is 16.2. The number of nitrogens with two attached hydrogens (primary N) is 1. The second kappa shape index (κ2) is 7.40. The minimum atomic E-state index is -0.116. The van der Waals surface area contributed by atoms with Gasteiger partial charge in [-0.1, -0.05) is 45.4 Å². The van der Waals surface area contributed by atoms with Crippen molar-refractivity contribution in [2.75, 3.05) is 20.1 Å². The summed E-state index contributed by atoms with van der Waals surface area (Å²) in [5.74, 6) is 0.169. The number of rotatable bonds is 6. The first-order chi connectivity index (χ1) is 11.7. The number of aryl methyl sites for hydroxylation is 1. The molecule has 0 aliphatic carbocycles. The molecular weight excluding hydrogens is 312 g/mol. The quantitative estimate of drug-likeness (QED) is 0.875. The van der Waals surface area contributed by atoms with Gasteiger partial charge >= 0.3 is 0 Å². The second-order valence-corrected chi connectivity index (χ2v) is 7.88. The zero-order valence-electron chi connectivity index (χ0n) is 16.2. The van der Waals surface area contributed by atoms with E-state index in [1.807, 2.05) is 23.9 Å². The van der Waals surface area contributed by atoms with Crippen molar-refractivity contribution in [3.8, 4) is 5.69 Å². The Hall–Kier alpha value is -2.14. The molecule has 2 aromatic rings. The molecule has 0 saturated carbocycles. The second-order valence-electron chi connectivity index (χ2n) is 7.88. The minimum absolute atomic E-state index is 0.0106. The van der Waals surface area contributed by atoms with Crippen LogP contribution >= 0.6 is 0 Å². The van der Waals surface area contributed by atoms with Crippen LogP contribution in [0.3, 0.4) is 0 Å². The Labute approximate surface area is 150 Å². The van der Waals surface area contributed by atoms with E-state index in [9.17, 15) is 4.79 Å². The molecule has 0 bridgehead atoms. The van der Waals surface area contributed by atoms with Crippen LogP contribution in [-0.2, 0) is 0 Å². The van der Waals surface area contributed by atoms with Gasteiger partial charge in [0, 0.05) is 13.6 Å². The molecule has 0 unspecified atom stereocenters. The molecule has 0 saturated heterocycles. The highest BCUT2D eigenvalue weighted by atomic mass is 16.2. The fourth-order valence-corrected chi connectivity index (χ4v) is 2.95.